The van der Waals surface area contributed by atoms with E-state index in [0.717, 1.165) is 11.1 Å². The molecule has 1 aromatic rings. The van der Waals surface area contributed by atoms with Crippen LogP contribution in [0.25, 0.3) is 0 Å². The molecule has 0 spiro atoms. The van der Waals surface area contributed by atoms with Crippen LogP contribution in [0, 0.1) is 6.92 Å². The molecule has 1 rings (SSSR count). The van der Waals surface area contributed by atoms with E-state index in [9.17, 15) is 0 Å². The smallest absolute Gasteiger partial charge is 0.391 e. The van der Waals surface area contributed by atoms with Crippen LogP contribution in [-0.2, 0) is 5.41 Å². The van der Waals surface area contributed by atoms with Crippen molar-refractivity contribution in [3.05, 3.63) is 29.3 Å². The first-order chi connectivity index (χ1) is 6.80. The van der Waals surface area contributed by atoms with Crippen molar-refractivity contribution < 1.29 is 14.3 Å². The molecule has 0 aliphatic heterocycles. The molecule has 0 saturated carbocycles. The fourth-order valence-electron chi connectivity index (χ4n) is 1.25. The minimum Gasteiger partial charge on any atom is -0.427 e. The summed E-state index contributed by atoms with van der Waals surface area (Å²) in [5.74, 6) is 0.540. The maximum absolute atomic E-state index is 8.82. The molecule has 2 N–H and O–H groups in total. The molecule has 0 unspecified atom stereocenters. The van der Waals surface area contributed by atoms with Gasteiger partial charge in [0.2, 0.25) is 0 Å². The summed E-state index contributed by atoms with van der Waals surface area (Å²) in [5.41, 5.74) is 2.04. The summed E-state index contributed by atoms with van der Waals surface area (Å²) in [6.07, 6.45) is 0. The summed E-state index contributed by atoms with van der Waals surface area (Å²) in [5, 5.41) is 0. The zero-order valence-corrected chi connectivity index (χ0v) is 10.4. The van der Waals surface area contributed by atoms with Crippen LogP contribution in [0.15, 0.2) is 18.2 Å². The standard InChI is InChI=1S/C11H17O3P/c1-8-5-6-9(11(2,3)4)7-10(8)14-15(12)13/h5-7,12-13H,1-4H3. The van der Waals surface area contributed by atoms with Crippen LogP contribution in [0.5, 0.6) is 5.75 Å². The SMILES string of the molecule is Cc1ccc(C(C)(C)C)cc1OP(O)O. The molecule has 0 aromatic heterocycles. The second kappa shape index (κ2) is 4.48. The van der Waals surface area contributed by atoms with Gasteiger partial charge in [-0.15, -0.1) is 0 Å². The van der Waals surface area contributed by atoms with Crippen molar-refractivity contribution in [1.29, 1.82) is 0 Å². The van der Waals surface area contributed by atoms with Gasteiger partial charge in [0.25, 0.3) is 0 Å². The van der Waals surface area contributed by atoms with Gasteiger partial charge in [0.1, 0.15) is 5.75 Å². The Bertz CT molecular complexity index is 342. The molecular weight excluding hydrogens is 211 g/mol. The Morgan fingerprint density at radius 3 is 2.27 bits per heavy atom. The van der Waals surface area contributed by atoms with Gasteiger partial charge in [-0.05, 0) is 29.5 Å². The third-order valence-electron chi connectivity index (χ3n) is 2.23. The van der Waals surface area contributed by atoms with Crippen LogP contribution >= 0.6 is 8.60 Å². The van der Waals surface area contributed by atoms with Gasteiger partial charge in [-0.2, -0.15) is 0 Å². The molecule has 0 aliphatic carbocycles. The van der Waals surface area contributed by atoms with E-state index in [1.54, 1.807) is 0 Å². The average Bonchev–Trinajstić information content (AvgIpc) is 2.06. The summed E-state index contributed by atoms with van der Waals surface area (Å²) in [7, 11) is -2.34. The van der Waals surface area contributed by atoms with E-state index >= 15 is 0 Å². The third kappa shape index (κ3) is 3.45. The molecular formula is C11H17O3P. The Kier molecular flexibility index (Phi) is 3.72. The Morgan fingerprint density at radius 2 is 1.80 bits per heavy atom. The fourth-order valence-corrected chi connectivity index (χ4v) is 1.63. The topological polar surface area (TPSA) is 49.7 Å². The molecule has 15 heavy (non-hydrogen) atoms. The second-order valence-electron chi connectivity index (χ2n) is 4.57. The van der Waals surface area contributed by atoms with Gasteiger partial charge < -0.3 is 14.3 Å². The maximum atomic E-state index is 8.82. The lowest BCUT2D eigenvalue weighted by atomic mass is 9.86. The molecule has 0 amide bonds. The van der Waals surface area contributed by atoms with E-state index < -0.39 is 8.60 Å². The molecule has 3 nitrogen and oxygen atoms in total. The number of hydrogen-bond donors (Lipinski definition) is 2. The Hall–Kier alpha value is -0.630. The summed E-state index contributed by atoms with van der Waals surface area (Å²) >= 11 is 0. The van der Waals surface area contributed by atoms with Gasteiger partial charge in [-0.3, -0.25) is 0 Å². The fraction of sp³-hybridized carbons (Fsp3) is 0.455. The molecule has 0 atom stereocenters. The summed E-state index contributed by atoms with van der Waals surface area (Å²) in [6.45, 7) is 8.17. The Labute approximate surface area is 91.7 Å². The molecule has 0 radical (unpaired) electrons. The first-order valence-corrected chi connectivity index (χ1v) is 5.94. The molecule has 0 saturated heterocycles. The first kappa shape index (κ1) is 12.4. The molecule has 84 valence electrons. The third-order valence-corrected chi connectivity index (χ3v) is 2.59. The highest BCUT2D eigenvalue weighted by molar-refractivity contribution is 7.39. The molecule has 1 aromatic carbocycles. The van der Waals surface area contributed by atoms with Crippen molar-refractivity contribution in [1.82, 2.24) is 0 Å². The maximum Gasteiger partial charge on any atom is 0.391 e. The number of aryl methyl sites for hydroxylation is 1. The lowest BCUT2D eigenvalue weighted by Gasteiger charge is -2.20. The van der Waals surface area contributed by atoms with Crippen molar-refractivity contribution in [3.8, 4) is 5.75 Å². The number of hydrogen-bond acceptors (Lipinski definition) is 3. The van der Waals surface area contributed by atoms with Gasteiger partial charge in [-0.1, -0.05) is 32.9 Å². The van der Waals surface area contributed by atoms with E-state index in [2.05, 4.69) is 20.8 Å². The minimum absolute atomic E-state index is 0.0273. The van der Waals surface area contributed by atoms with Gasteiger partial charge in [-0.25, -0.2) is 0 Å². The van der Waals surface area contributed by atoms with Gasteiger partial charge >= 0.3 is 8.60 Å². The zero-order chi connectivity index (χ0) is 11.6. The normalized spacial score (nSPS) is 11.9. The highest BCUT2D eigenvalue weighted by atomic mass is 31.2. The molecule has 0 fully saturated rings. The van der Waals surface area contributed by atoms with Gasteiger partial charge in [0.05, 0.1) is 0 Å². The van der Waals surface area contributed by atoms with Crippen molar-refractivity contribution >= 4 is 8.60 Å². The van der Waals surface area contributed by atoms with Crippen molar-refractivity contribution in [3.63, 3.8) is 0 Å². The van der Waals surface area contributed by atoms with Gasteiger partial charge in [0.15, 0.2) is 0 Å². The lowest BCUT2D eigenvalue weighted by Crippen LogP contribution is -2.11. The number of rotatable bonds is 2. The second-order valence-corrected chi connectivity index (χ2v) is 5.26. The highest BCUT2D eigenvalue weighted by Crippen LogP contribution is 2.34. The quantitative estimate of drug-likeness (QED) is 0.765. The van der Waals surface area contributed by atoms with Crippen LogP contribution in [0.1, 0.15) is 31.9 Å². The van der Waals surface area contributed by atoms with Crippen molar-refractivity contribution in [2.24, 2.45) is 0 Å². The largest absolute Gasteiger partial charge is 0.427 e. The highest BCUT2D eigenvalue weighted by Gasteiger charge is 2.16. The number of benzene rings is 1. The summed E-state index contributed by atoms with van der Waals surface area (Å²) in [6, 6.07) is 5.81. The van der Waals surface area contributed by atoms with Crippen molar-refractivity contribution in [2.45, 2.75) is 33.1 Å². The molecule has 0 aliphatic rings. The minimum atomic E-state index is -2.34. The predicted octanol–water partition coefficient (Wildman–Crippen LogP) is 2.88. The molecule has 0 bridgehead atoms. The van der Waals surface area contributed by atoms with Crippen LogP contribution in [0.4, 0.5) is 0 Å². The first-order valence-electron chi connectivity index (χ1n) is 4.77. The molecule has 0 heterocycles. The molecule has 4 heteroatoms. The van der Waals surface area contributed by atoms with Crippen LogP contribution in [-0.4, -0.2) is 9.79 Å². The van der Waals surface area contributed by atoms with E-state index in [-0.39, 0.29) is 5.41 Å². The van der Waals surface area contributed by atoms with Crippen LogP contribution < -0.4 is 4.52 Å². The van der Waals surface area contributed by atoms with Crippen molar-refractivity contribution in [2.75, 3.05) is 0 Å². The monoisotopic (exact) mass is 228 g/mol. The van der Waals surface area contributed by atoms with Crippen LogP contribution in [0.2, 0.25) is 0 Å². The Balaban J connectivity index is 3.06. The Morgan fingerprint density at radius 1 is 1.20 bits per heavy atom. The van der Waals surface area contributed by atoms with E-state index in [0.29, 0.717) is 5.75 Å². The predicted molar refractivity (Wildman–Crippen MR) is 61.9 cm³/mol. The lowest BCUT2D eigenvalue weighted by molar-refractivity contribution is 0.373. The van der Waals surface area contributed by atoms with E-state index in [1.807, 2.05) is 25.1 Å². The van der Waals surface area contributed by atoms with Gasteiger partial charge in [0, 0.05) is 0 Å². The summed E-state index contributed by atoms with van der Waals surface area (Å²) < 4.78 is 4.96. The zero-order valence-electron chi connectivity index (χ0n) is 9.48. The van der Waals surface area contributed by atoms with E-state index in [4.69, 9.17) is 14.3 Å². The van der Waals surface area contributed by atoms with Crippen LogP contribution in [0.3, 0.4) is 0 Å². The average molecular weight is 228 g/mol. The van der Waals surface area contributed by atoms with E-state index in [1.165, 1.54) is 0 Å². The summed E-state index contributed by atoms with van der Waals surface area (Å²) in [4.78, 5) is 17.6.